The standard InChI is InChI=1S/C12H15BrClNO/c1-7(2)15-11-3-4-16-12-9(11)5-8(14)6-10(12)13/h5-7,11,15H,3-4H2,1-2H3. The molecule has 1 aliphatic heterocycles. The summed E-state index contributed by atoms with van der Waals surface area (Å²) < 4.78 is 6.61. The van der Waals surface area contributed by atoms with Gasteiger partial charge < -0.3 is 10.1 Å². The zero-order valence-corrected chi connectivity index (χ0v) is 11.7. The number of benzene rings is 1. The first kappa shape index (κ1) is 12.2. The predicted molar refractivity (Wildman–Crippen MR) is 70.3 cm³/mol. The smallest absolute Gasteiger partial charge is 0.138 e. The van der Waals surface area contributed by atoms with E-state index in [0.29, 0.717) is 12.1 Å². The van der Waals surface area contributed by atoms with Crippen molar-refractivity contribution < 1.29 is 4.74 Å². The minimum absolute atomic E-state index is 0.332. The Morgan fingerprint density at radius 3 is 2.94 bits per heavy atom. The number of halogens is 2. The third-order valence-electron chi connectivity index (χ3n) is 2.60. The number of hydrogen-bond donors (Lipinski definition) is 1. The molecule has 88 valence electrons. The van der Waals surface area contributed by atoms with E-state index in [4.69, 9.17) is 16.3 Å². The average Bonchev–Trinajstić information content (AvgIpc) is 2.18. The molecule has 1 aromatic carbocycles. The summed E-state index contributed by atoms with van der Waals surface area (Å²) >= 11 is 9.56. The first-order valence-corrected chi connectivity index (χ1v) is 6.63. The van der Waals surface area contributed by atoms with Gasteiger partial charge in [-0.1, -0.05) is 25.4 Å². The summed E-state index contributed by atoms with van der Waals surface area (Å²) in [5.74, 6) is 0.925. The van der Waals surface area contributed by atoms with Crippen LogP contribution in [0.5, 0.6) is 5.75 Å². The fraction of sp³-hybridized carbons (Fsp3) is 0.500. The van der Waals surface area contributed by atoms with Crippen molar-refractivity contribution in [2.75, 3.05) is 6.61 Å². The first-order chi connectivity index (χ1) is 7.58. The molecular weight excluding hydrogens is 289 g/mol. The summed E-state index contributed by atoms with van der Waals surface area (Å²) in [6, 6.07) is 4.64. The van der Waals surface area contributed by atoms with E-state index in [1.807, 2.05) is 12.1 Å². The Morgan fingerprint density at radius 2 is 2.25 bits per heavy atom. The van der Waals surface area contributed by atoms with Gasteiger partial charge in [-0.15, -0.1) is 0 Å². The Bertz CT molecular complexity index is 395. The second-order valence-electron chi connectivity index (χ2n) is 4.32. The molecule has 0 radical (unpaired) electrons. The largest absolute Gasteiger partial charge is 0.492 e. The van der Waals surface area contributed by atoms with Gasteiger partial charge in [0, 0.05) is 29.1 Å². The first-order valence-electron chi connectivity index (χ1n) is 5.45. The van der Waals surface area contributed by atoms with Crippen LogP contribution in [0, 0.1) is 0 Å². The van der Waals surface area contributed by atoms with Crippen molar-refractivity contribution in [2.45, 2.75) is 32.4 Å². The van der Waals surface area contributed by atoms with E-state index in [1.165, 1.54) is 0 Å². The van der Waals surface area contributed by atoms with Gasteiger partial charge in [-0.2, -0.15) is 0 Å². The maximum absolute atomic E-state index is 6.07. The van der Waals surface area contributed by atoms with Gasteiger partial charge in [-0.05, 0) is 28.1 Å². The third-order valence-corrected chi connectivity index (χ3v) is 3.41. The van der Waals surface area contributed by atoms with Gasteiger partial charge in [0.05, 0.1) is 11.1 Å². The molecule has 1 unspecified atom stereocenters. The van der Waals surface area contributed by atoms with Crippen LogP contribution in [-0.4, -0.2) is 12.6 Å². The Balaban J connectivity index is 2.37. The molecule has 1 aromatic rings. The van der Waals surface area contributed by atoms with Crippen molar-refractivity contribution in [1.29, 1.82) is 0 Å². The lowest BCUT2D eigenvalue weighted by molar-refractivity contribution is 0.246. The molecule has 1 heterocycles. The highest BCUT2D eigenvalue weighted by molar-refractivity contribution is 9.10. The van der Waals surface area contributed by atoms with Crippen molar-refractivity contribution in [3.63, 3.8) is 0 Å². The second kappa shape index (κ2) is 4.94. The van der Waals surface area contributed by atoms with E-state index in [0.717, 1.165) is 33.8 Å². The van der Waals surface area contributed by atoms with E-state index in [2.05, 4.69) is 35.1 Å². The van der Waals surface area contributed by atoms with E-state index in [1.54, 1.807) is 0 Å². The number of rotatable bonds is 2. The van der Waals surface area contributed by atoms with Crippen molar-refractivity contribution in [3.8, 4) is 5.75 Å². The van der Waals surface area contributed by atoms with Crippen molar-refractivity contribution >= 4 is 27.5 Å². The minimum Gasteiger partial charge on any atom is -0.492 e. The molecule has 0 aromatic heterocycles. The van der Waals surface area contributed by atoms with Crippen LogP contribution in [0.2, 0.25) is 5.02 Å². The maximum Gasteiger partial charge on any atom is 0.138 e. The summed E-state index contributed by atoms with van der Waals surface area (Å²) in [6.45, 7) is 5.04. The molecule has 0 aliphatic carbocycles. The Hall–Kier alpha value is -0.250. The summed E-state index contributed by atoms with van der Waals surface area (Å²) in [5, 5.41) is 4.28. The van der Waals surface area contributed by atoms with Gasteiger partial charge in [0.1, 0.15) is 5.75 Å². The van der Waals surface area contributed by atoms with Gasteiger partial charge >= 0.3 is 0 Å². The topological polar surface area (TPSA) is 21.3 Å². The molecule has 0 amide bonds. The molecule has 1 atom stereocenters. The van der Waals surface area contributed by atoms with Crippen LogP contribution in [0.1, 0.15) is 31.9 Å². The summed E-state index contributed by atoms with van der Waals surface area (Å²) in [4.78, 5) is 0. The molecule has 0 bridgehead atoms. The normalized spacial score (nSPS) is 19.4. The molecular formula is C12H15BrClNO. The lowest BCUT2D eigenvalue weighted by Crippen LogP contribution is -2.32. The Kier molecular flexibility index (Phi) is 3.77. The van der Waals surface area contributed by atoms with Gasteiger partial charge in [0.15, 0.2) is 0 Å². The molecule has 4 heteroatoms. The maximum atomic E-state index is 6.07. The molecule has 0 saturated carbocycles. The highest BCUT2D eigenvalue weighted by Crippen LogP contribution is 2.40. The number of nitrogens with one attached hydrogen (secondary N) is 1. The molecule has 1 aliphatic rings. The quantitative estimate of drug-likeness (QED) is 0.894. The number of fused-ring (bicyclic) bond motifs is 1. The molecule has 0 fully saturated rings. The van der Waals surface area contributed by atoms with E-state index in [-0.39, 0.29) is 0 Å². The van der Waals surface area contributed by atoms with Gasteiger partial charge in [0.25, 0.3) is 0 Å². The van der Waals surface area contributed by atoms with E-state index >= 15 is 0 Å². The predicted octanol–water partition coefficient (Wildman–Crippen LogP) is 3.92. The molecule has 0 saturated heterocycles. The monoisotopic (exact) mass is 303 g/mol. The van der Waals surface area contributed by atoms with Crippen LogP contribution in [0.3, 0.4) is 0 Å². The van der Waals surface area contributed by atoms with Crippen molar-refractivity contribution in [3.05, 3.63) is 27.2 Å². The van der Waals surface area contributed by atoms with Gasteiger partial charge in [-0.3, -0.25) is 0 Å². The van der Waals surface area contributed by atoms with Crippen molar-refractivity contribution in [1.82, 2.24) is 5.32 Å². The third kappa shape index (κ3) is 2.53. The average molecular weight is 305 g/mol. The number of hydrogen-bond acceptors (Lipinski definition) is 2. The van der Waals surface area contributed by atoms with Gasteiger partial charge in [-0.25, -0.2) is 0 Å². The highest BCUT2D eigenvalue weighted by Gasteiger charge is 2.24. The lowest BCUT2D eigenvalue weighted by Gasteiger charge is -2.29. The molecule has 2 rings (SSSR count). The van der Waals surface area contributed by atoms with E-state index in [9.17, 15) is 0 Å². The number of ether oxygens (including phenoxy) is 1. The van der Waals surface area contributed by atoms with E-state index < -0.39 is 0 Å². The van der Waals surface area contributed by atoms with Crippen LogP contribution in [0.15, 0.2) is 16.6 Å². The van der Waals surface area contributed by atoms with Crippen LogP contribution >= 0.6 is 27.5 Å². The highest BCUT2D eigenvalue weighted by atomic mass is 79.9. The van der Waals surface area contributed by atoms with Crippen molar-refractivity contribution in [2.24, 2.45) is 0 Å². The van der Waals surface area contributed by atoms with Crippen LogP contribution < -0.4 is 10.1 Å². The zero-order chi connectivity index (χ0) is 11.7. The summed E-state index contributed by atoms with van der Waals surface area (Å²) in [7, 11) is 0. The second-order valence-corrected chi connectivity index (χ2v) is 5.61. The van der Waals surface area contributed by atoms with Crippen LogP contribution in [-0.2, 0) is 0 Å². The summed E-state index contributed by atoms with van der Waals surface area (Å²) in [5.41, 5.74) is 1.15. The summed E-state index contributed by atoms with van der Waals surface area (Å²) in [6.07, 6.45) is 0.984. The lowest BCUT2D eigenvalue weighted by atomic mass is 10.00. The fourth-order valence-corrected chi connectivity index (χ4v) is 2.95. The molecule has 1 N–H and O–H groups in total. The fourth-order valence-electron chi connectivity index (χ4n) is 2.00. The minimum atomic E-state index is 0.332. The SMILES string of the molecule is CC(C)NC1CCOc2c(Br)cc(Cl)cc21. The van der Waals surface area contributed by atoms with Gasteiger partial charge in [0.2, 0.25) is 0 Å². The molecule has 0 spiro atoms. The Morgan fingerprint density at radius 1 is 1.50 bits per heavy atom. The van der Waals surface area contributed by atoms with Crippen LogP contribution in [0.4, 0.5) is 0 Å². The molecule has 2 nitrogen and oxygen atoms in total. The Labute approximate surface area is 109 Å². The molecule has 16 heavy (non-hydrogen) atoms. The van der Waals surface area contributed by atoms with Crippen LogP contribution in [0.25, 0.3) is 0 Å². The zero-order valence-electron chi connectivity index (χ0n) is 9.39.